The zero-order valence-corrected chi connectivity index (χ0v) is 11.5. The van der Waals surface area contributed by atoms with Crippen molar-refractivity contribution in [1.82, 2.24) is 15.2 Å². The van der Waals surface area contributed by atoms with Gasteiger partial charge in [-0.15, -0.1) is 0 Å². The first-order valence-corrected chi connectivity index (χ1v) is 6.61. The average molecular weight is 249 g/mol. The summed E-state index contributed by atoms with van der Waals surface area (Å²) in [5, 5.41) is 3.13. The summed E-state index contributed by atoms with van der Waals surface area (Å²) in [4.78, 5) is 6.86. The SMILES string of the molecule is CNCc1ccc(CN(C)C2CCOC2C)nc1. The molecule has 2 rings (SSSR count). The lowest BCUT2D eigenvalue weighted by Crippen LogP contribution is -2.36. The molecule has 4 nitrogen and oxygen atoms in total. The maximum Gasteiger partial charge on any atom is 0.0703 e. The van der Waals surface area contributed by atoms with Crippen LogP contribution in [0, 0.1) is 0 Å². The Morgan fingerprint density at radius 3 is 2.89 bits per heavy atom. The van der Waals surface area contributed by atoms with Gasteiger partial charge in [-0.05, 0) is 39.1 Å². The lowest BCUT2D eigenvalue weighted by molar-refractivity contribution is 0.0810. The third-order valence-electron chi connectivity index (χ3n) is 3.58. The second-order valence-corrected chi connectivity index (χ2v) is 5.04. The largest absolute Gasteiger partial charge is 0.377 e. The minimum atomic E-state index is 0.332. The first-order valence-electron chi connectivity index (χ1n) is 6.61. The zero-order valence-electron chi connectivity index (χ0n) is 11.5. The quantitative estimate of drug-likeness (QED) is 0.856. The molecule has 1 aliphatic rings. The molecular weight excluding hydrogens is 226 g/mol. The van der Waals surface area contributed by atoms with Gasteiger partial charge in [0.05, 0.1) is 11.8 Å². The van der Waals surface area contributed by atoms with Gasteiger partial charge in [-0.3, -0.25) is 9.88 Å². The second kappa shape index (κ2) is 6.27. The van der Waals surface area contributed by atoms with Gasteiger partial charge in [-0.2, -0.15) is 0 Å². The molecule has 0 amide bonds. The maximum atomic E-state index is 5.60. The number of nitrogens with zero attached hydrogens (tertiary/aromatic N) is 2. The van der Waals surface area contributed by atoms with Crippen molar-refractivity contribution in [1.29, 1.82) is 0 Å². The lowest BCUT2D eigenvalue weighted by atomic mass is 10.1. The van der Waals surface area contributed by atoms with Gasteiger partial charge in [0.2, 0.25) is 0 Å². The summed E-state index contributed by atoms with van der Waals surface area (Å²) in [5.74, 6) is 0. The van der Waals surface area contributed by atoms with Crippen LogP contribution in [0.25, 0.3) is 0 Å². The van der Waals surface area contributed by atoms with E-state index in [1.807, 2.05) is 13.2 Å². The molecule has 2 heterocycles. The summed E-state index contributed by atoms with van der Waals surface area (Å²) in [6, 6.07) is 4.77. The van der Waals surface area contributed by atoms with Gasteiger partial charge in [0.1, 0.15) is 0 Å². The predicted octanol–water partition coefficient (Wildman–Crippen LogP) is 1.41. The molecule has 1 aliphatic heterocycles. The Kier molecular flexibility index (Phi) is 4.69. The van der Waals surface area contributed by atoms with E-state index in [1.54, 1.807) is 0 Å². The topological polar surface area (TPSA) is 37.4 Å². The molecule has 0 aliphatic carbocycles. The van der Waals surface area contributed by atoms with Crippen LogP contribution in [0.3, 0.4) is 0 Å². The van der Waals surface area contributed by atoms with Crippen LogP contribution in [0.5, 0.6) is 0 Å². The van der Waals surface area contributed by atoms with E-state index in [0.717, 1.165) is 31.8 Å². The van der Waals surface area contributed by atoms with Crippen molar-refractivity contribution in [2.45, 2.75) is 38.6 Å². The number of likely N-dealkylation sites (N-methyl/N-ethyl adjacent to an activating group) is 1. The Morgan fingerprint density at radius 1 is 1.50 bits per heavy atom. The molecule has 1 N–H and O–H groups in total. The molecular formula is C14H23N3O. The Bertz CT molecular complexity index is 366. The van der Waals surface area contributed by atoms with Crippen molar-refractivity contribution >= 4 is 0 Å². The summed E-state index contributed by atoms with van der Waals surface area (Å²) in [6.45, 7) is 4.79. The van der Waals surface area contributed by atoms with Gasteiger partial charge in [0.15, 0.2) is 0 Å². The highest BCUT2D eigenvalue weighted by molar-refractivity contribution is 5.14. The highest BCUT2D eigenvalue weighted by atomic mass is 16.5. The van der Waals surface area contributed by atoms with Crippen molar-refractivity contribution in [3.8, 4) is 0 Å². The fourth-order valence-corrected chi connectivity index (χ4v) is 2.53. The van der Waals surface area contributed by atoms with Gasteiger partial charge in [0, 0.05) is 31.9 Å². The Labute approximate surface area is 109 Å². The van der Waals surface area contributed by atoms with Crippen molar-refractivity contribution in [2.75, 3.05) is 20.7 Å². The molecule has 2 atom stereocenters. The number of hydrogen-bond donors (Lipinski definition) is 1. The summed E-state index contributed by atoms with van der Waals surface area (Å²) in [6.07, 6.45) is 3.41. The van der Waals surface area contributed by atoms with Crippen LogP contribution in [0.4, 0.5) is 0 Å². The average Bonchev–Trinajstić information content (AvgIpc) is 2.78. The van der Waals surface area contributed by atoms with Crippen molar-refractivity contribution in [3.05, 3.63) is 29.6 Å². The standard InChI is InChI=1S/C14H23N3O/c1-11-14(6-7-18-11)17(3)10-13-5-4-12(8-15-2)9-16-13/h4-5,9,11,14-15H,6-8,10H2,1-3H3. The van der Waals surface area contributed by atoms with E-state index >= 15 is 0 Å². The fraction of sp³-hybridized carbons (Fsp3) is 0.643. The monoisotopic (exact) mass is 249 g/mol. The van der Waals surface area contributed by atoms with Crippen LogP contribution in [0.1, 0.15) is 24.6 Å². The van der Waals surface area contributed by atoms with Crippen molar-refractivity contribution in [2.24, 2.45) is 0 Å². The van der Waals surface area contributed by atoms with Crippen molar-refractivity contribution < 1.29 is 4.74 Å². The molecule has 4 heteroatoms. The molecule has 1 aromatic rings. The van der Waals surface area contributed by atoms with E-state index in [1.165, 1.54) is 5.56 Å². The minimum Gasteiger partial charge on any atom is -0.377 e. The molecule has 1 fully saturated rings. The van der Waals surface area contributed by atoms with E-state index in [-0.39, 0.29) is 0 Å². The molecule has 1 aromatic heterocycles. The lowest BCUT2D eigenvalue weighted by Gasteiger charge is -2.26. The van der Waals surface area contributed by atoms with E-state index in [9.17, 15) is 0 Å². The normalized spacial score (nSPS) is 23.8. The molecule has 0 saturated carbocycles. The first kappa shape index (κ1) is 13.5. The third-order valence-corrected chi connectivity index (χ3v) is 3.58. The predicted molar refractivity (Wildman–Crippen MR) is 72.3 cm³/mol. The summed E-state index contributed by atoms with van der Waals surface area (Å²) < 4.78 is 5.60. The van der Waals surface area contributed by atoms with Crippen LogP contribution in [-0.2, 0) is 17.8 Å². The highest BCUT2D eigenvalue weighted by Gasteiger charge is 2.27. The molecule has 18 heavy (non-hydrogen) atoms. The van der Waals surface area contributed by atoms with E-state index < -0.39 is 0 Å². The van der Waals surface area contributed by atoms with Gasteiger partial charge < -0.3 is 10.1 Å². The van der Waals surface area contributed by atoms with Crippen LogP contribution < -0.4 is 5.32 Å². The molecule has 2 unspecified atom stereocenters. The molecule has 0 bridgehead atoms. The summed E-state index contributed by atoms with van der Waals surface area (Å²) in [7, 11) is 4.10. The summed E-state index contributed by atoms with van der Waals surface area (Å²) in [5.41, 5.74) is 2.35. The second-order valence-electron chi connectivity index (χ2n) is 5.04. The van der Waals surface area contributed by atoms with Crippen LogP contribution >= 0.6 is 0 Å². The van der Waals surface area contributed by atoms with Gasteiger partial charge in [0.25, 0.3) is 0 Å². The molecule has 0 spiro atoms. The Hall–Kier alpha value is -0.970. The maximum absolute atomic E-state index is 5.60. The highest BCUT2D eigenvalue weighted by Crippen LogP contribution is 2.19. The van der Waals surface area contributed by atoms with E-state index in [4.69, 9.17) is 4.74 Å². The number of hydrogen-bond acceptors (Lipinski definition) is 4. The number of rotatable bonds is 5. The van der Waals surface area contributed by atoms with Crippen molar-refractivity contribution in [3.63, 3.8) is 0 Å². The fourth-order valence-electron chi connectivity index (χ4n) is 2.53. The number of aromatic nitrogens is 1. The number of nitrogens with one attached hydrogen (secondary N) is 1. The minimum absolute atomic E-state index is 0.332. The van der Waals surface area contributed by atoms with Crippen LogP contribution in [0.15, 0.2) is 18.3 Å². The number of ether oxygens (including phenoxy) is 1. The van der Waals surface area contributed by atoms with Gasteiger partial charge >= 0.3 is 0 Å². The Balaban J connectivity index is 1.92. The zero-order chi connectivity index (χ0) is 13.0. The first-order chi connectivity index (χ1) is 8.70. The van der Waals surface area contributed by atoms with E-state index in [2.05, 4.69) is 41.3 Å². The van der Waals surface area contributed by atoms with E-state index in [0.29, 0.717) is 12.1 Å². The number of pyridine rings is 1. The smallest absolute Gasteiger partial charge is 0.0703 e. The molecule has 1 saturated heterocycles. The molecule has 0 radical (unpaired) electrons. The van der Waals surface area contributed by atoms with Crippen LogP contribution in [0.2, 0.25) is 0 Å². The van der Waals surface area contributed by atoms with Gasteiger partial charge in [-0.25, -0.2) is 0 Å². The van der Waals surface area contributed by atoms with Crippen LogP contribution in [-0.4, -0.2) is 42.7 Å². The summed E-state index contributed by atoms with van der Waals surface area (Å²) >= 11 is 0. The third kappa shape index (κ3) is 3.28. The molecule has 100 valence electrons. The van der Waals surface area contributed by atoms with Gasteiger partial charge in [-0.1, -0.05) is 6.07 Å². The molecule has 0 aromatic carbocycles. The Morgan fingerprint density at radius 2 is 2.33 bits per heavy atom.